The second-order valence-electron chi connectivity index (χ2n) is 5.54. The van der Waals surface area contributed by atoms with Crippen LogP contribution in [0.2, 0.25) is 0 Å². The fourth-order valence-electron chi connectivity index (χ4n) is 2.65. The molecular weight excluding hydrogens is 335 g/mol. The van der Waals surface area contributed by atoms with Crippen LogP contribution >= 0.6 is 11.3 Å². The lowest BCUT2D eigenvalue weighted by atomic mass is 10.2. The van der Waals surface area contributed by atoms with Gasteiger partial charge in [-0.05, 0) is 49.6 Å². The summed E-state index contributed by atoms with van der Waals surface area (Å²) >= 11 is 1.21. The summed E-state index contributed by atoms with van der Waals surface area (Å²) in [7, 11) is -3.76. The van der Waals surface area contributed by atoms with Gasteiger partial charge in [0.05, 0.1) is 5.69 Å². The summed E-state index contributed by atoms with van der Waals surface area (Å²) in [6.07, 6.45) is 2.99. The standard InChI is InChI=1S/C16H19FN2O2S2/c1-2-13-6-8-16(22-13)23(20,21)18-15-11-12(5-7-14(15)17)19-9-3-4-10-19/h5-8,11,18H,2-4,9-10H2,1H3. The molecule has 1 fully saturated rings. The van der Waals surface area contributed by atoms with E-state index in [0.717, 1.165) is 42.9 Å². The van der Waals surface area contributed by atoms with Crippen LogP contribution in [0.25, 0.3) is 0 Å². The Morgan fingerprint density at radius 2 is 1.96 bits per heavy atom. The molecule has 1 N–H and O–H groups in total. The molecule has 1 aromatic heterocycles. The van der Waals surface area contributed by atoms with Gasteiger partial charge >= 0.3 is 0 Å². The second kappa shape index (κ2) is 6.49. The highest BCUT2D eigenvalue weighted by Gasteiger charge is 2.20. The zero-order valence-electron chi connectivity index (χ0n) is 12.9. The van der Waals surface area contributed by atoms with E-state index >= 15 is 0 Å². The van der Waals surface area contributed by atoms with Crippen LogP contribution in [0.4, 0.5) is 15.8 Å². The molecule has 0 amide bonds. The van der Waals surface area contributed by atoms with E-state index in [1.807, 2.05) is 6.92 Å². The summed E-state index contributed by atoms with van der Waals surface area (Å²) in [5, 5.41) is 0. The van der Waals surface area contributed by atoms with E-state index in [1.165, 1.54) is 17.4 Å². The number of hydrogen-bond donors (Lipinski definition) is 1. The average molecular weight is 354 g/mol. The van der Waals surface area contributed by atoms with Crippen molar-refractivity contribution in [3.05, 3.63) is 41.0 Å². The monoisotopic (exact) mass is 354 g/mol. The lowest BCUT2D eigenvalue weighted by Crippen LogP contribution is -2.18. The molecule has 7 heteroatoms. The van der Waals surface area contributed by atoms with Crippen LogP contribution in [0.1, 0.15) is 24.6 Å². The largest absolute Gasteiger partial charge is 0.371 e. The van der Waals surface area contributed by atoms with Crippen LogP contribution in [-0.2, 0) is 16.4 Å². The molecular formula is C16H19FN2O2S2. The topological polar surface area (TPSA) is 49.4 Å². The van der Waals surface area contributed by atoms with Crippen LogP contribution in [0.5, 0.6) is 0 Å². The van der Waals surface area contributed by atoms with Gasteiger partial charge in [0.1, 0.15) is 10.0 Å². The normalized spacial score (nSPS) is 15.1. The predicted octanol–water partition coefficient (Wildman–Crippen LogP) is 3.85. The second-order valence-corrected chi connectivity index (χ2v) is 8.62. The van der Waals surface area contributed by atoms with E-state index in [0.29, 0.717) is 0 Å². The summed E-state index contributed by atoms with van der Waals surface area (Å²) in [5.41, 5.74) is 0.850. The number of thiophene rings is 1. The van der Waals surface area contributed by atoms with Gasteiger partial charge in [-0.15, -0.1) is 11.3 Å². The van der Waals surface area contributed by atoms with E-state index in [-0.39, 0.29) is 9.90 Å². The summed E-state index contributed by atoms with van der Waals surface area (Å²) < 4.78 is 41.5. The third-order valence-corrected chi connectivity index (χ3v) is 7.00. The van der Waals surface area contributed by atoms with Crippen molar-refractivity contribution in [3.8, 4) is 0 Å². The summed E-state index contributed by atoms with van der Waals surface area (Å²) in [4.78, 5) is 3.12. The maximum Gasteiger partial charge on any atom is 0.271 e. The Morgan fingerprint density at radius 1 is 1.22 bits per heavy atom. The van der Waals surface area contributed by atoms with Crippen molar-refractivity contribution >= 4 is 32.7 Å². The van der Waals surface area contributed by atoms with Gasteiger partial charge in [-0.3, -0.25) is 4.72 Å². The fraction of sp³-hybridized carbons (Fsp3) is 0.375. The van der Waals surface area contributed by atoms with Crippen LogP contribution in [0.3, 0.4) is 0 Å². The molecule has 1 aliphatic rings. The lowest BCUT2D eigenvalue weighted by molar-refractivity contribution is 0.600. The first-order valence-corrected chi connectivity index (χ1v) is 9.95. The first-order valence-electron chi connectivity index (χ1n) is 7.65. The van der Waals surface area contributed by atoms with E-state index < -0.39 is 15.8 Å². The number of anilines is 2. The van der Waals surface area contributed by atoms with Gasteiger partial charge in [-0.2, -0.15) is 0 Å². The lowest BCUT2D eigenvalue weighted by Gasteiger charge is -2.19. The molecule has 0 saturated carbocycles. The van der Waals surface area contributed by atoms with Gasteiger partial charge in [0.2, 0.25) is 0 Å². The summed E-state index contributed by atoms with van der Waals surface area (Å²) in [6, 6.07) is 7.94. The Labute approximate surface area is 140 Å². The van der Waals surface area contributed by atoms with Crippen molar-refractivity contribution in [2.45, 2.75) is 30.4 Å². The van der Waals surface area contributed by atoms with Crippen molar-refractivity contribution < 1.29 is 12.8 Å². The Hall–Kier alpha value is -1.60. The van der Waals surface area contributed by atoms with Gasteiger partial charge in [-0.25, -0.2) is 12.8 Å². The van der Waals surface area contributed by atoms with Crippen LogP contribution in [0, 0.1) is 5.82 Å². The molecule has 0 atom stereocenters. The zero-order chi connectivity index (χ0) is 16.4. The molecule has 0 unspecified atom stereocenters. The minimum Gasteiger partial charge on any atom is -0.371 e. The maximum absolute atomic E-state index is 14.0. The number of hydrogen-bond acceptors (Lipinski definition) is 4. The van der Waals surface area contributed by atoms with Crippen LogP contribution in [0.15, 0.2) is 34.5 Å². The average Bonchev–Trinajstić information content (AvgIpc) is 3.20. The zero-order valence-corrected chi connectivity index (χ0v) is 14.5. The van der Waals surface area contributed by atoms with Crippen molar-refractivity contribution in [1.29, 1.82) is 0 Å². The van der Waals surface area contributed by atoms with Gasteiger partial charge in [0.15, 0.2) is 0 Å². The maximum atomic E-state index is 14.0. The molecule has 4 nitrogen and oxygen atoms in total. The van der Waals surface area contributed by atoms with Gasteiger partial charge in [-0.1, -0.05) is 6.92 Å². The van der Waals surface area contributed by atoms with Gasteiger partial charge in [0.25, 0.3) is 10.0 Å². The smallest absolute Gasteiger partial charge is 0.271 e. The molecule has 1 saturated heterocycles. The molecule has 1 aromatic carbocycles. The minimum atomic E-state index is -3.76. The van der Waals surface area contributed by atoms with E-state index in [9.17, 15) is 12.8 Å². The number of benzene rings is 1. The van der Waals surface area contributed by atoms with Gasteiger partial charge < -0.3 is 4.90 Å². The molecule has 0 spiro atoms. The number of nitrogens with one attached hydrogen (secondary N) is 1. The number of nitrogens with zero attached hydrogens (tertiary/aromatic N) is 1. The van der Waals surface area contributed by atoms with E-state index in [2.05, 4.69) is 9.62 Å². The Morgan fingerprint density at radius 3 is 2.61 bits per heavy atom. The molecule has 23 heavy (non-hydrogen) atoms. The minimum absolute atomic E-state index is 0.000786. The van der Waals surface area contributed by atoms with Crippen LogP contribution in [-0.4, -0.2) is 21.5 Å². The summed E-state index contributed by atoms with van der Waals surface area (Å²) in [6.45, 7) is 3.81. The molecule has 3 rings (SSSR count). The number of halogens is 1. The van der Waals surface area contributed by atoms with Crippen molar-refractivity contribution in [1.82, 2.24) is 0 Å². The predicted molar refractivity (Wildman–Crippen MR) is 92.4 cm³/mol. The first kappa shape index (κ1) is 16.3. The molecule has 124 valence electrons. The number of sulfonamides is 1. The SMILES string of the molecule is CCc1ccc(S(=O)(=O)Nc2cc(N3CCCC3)ccc2F)s1. The van der Waals surface area contributed by atoms with Crippen molar-refractivity contribution in [2.75, 3.05) is 22.7 Å². The molecule has 1 aliphatic heterocycles. The third-order valence-electron chi connectivity index (χ3n) is 3.92. The molecule has 0 radical (unpaired) electrons. The highest BCUT2D eigenvalue weighted by Crippen LogP contribution is 2.29. The molecule has 2 heterocycles. The van der Waals surface area contributed by atoms with Gasteiger partial charge in [0, 0.05) is 23.7 Å². The van der Waals surface area contributed by atoms with Crippen LogP contribution < -0.4 is 9.62 Å². The number of rotatable bonds is 5. The quantitative estimate of drug-likeness (QED) is 0.887. The van der Waals surface area contributed by atoms with Crippen molar-refractivity contribution in [3.63, 3.8) is 0 Å². The third kappa shape index (κ3) is 3.50. The number of aryl methyl sites for hydroxylation is 1. The Balaban J connectivity index is 1.87. The summed E-state index contributed by atoms with van der Waals surface area (Å²) in [5.74, 6) is -0.566. The molecule has 2 aromatic rings. The highest BCUT2D eigenvalue weighted by atomic mass is 32.2. The van der Waals surface area contributed by atoms with E-state index in [4.69, 9.17) is 0 Å². The first-order chi connectivity index (χ1) is 11.0. The Bertz CT molecular complexity index is 796. The molecule has 0 bridgehead atoms. The van der Waals surface area contributed by atoms with E-state index in [1.54, 1.807) is 24.3 Å². The fourth-order valence-corrected chi connectivity index (χ4v) is 5.00. The highest BCUT2D eigenvalue weighted by molar-refractivity contribution is 7.94. The molecule has 0 aliphatic carbocycles. The Kier molecular flexibility index (Phi) is 4.59. The van der Waals surface area contributed by atoms with Crippen molar-refractivity contribution in [2.24, 2.45) is 0 Å².